The molecule has 2 aromatic rings. The molecule has 0 aliphatic heterocycles. The van der Waals surface area contributed by atoms with Gasteiger partial charge >= 0.3 is 5.69 Å². The molecule has 2 rings (SSSR count). The molecule has 4 nitrogen and oxygen atoms in total. The van der Waals surface area contributed by atoms with Crippen LogP contribution in [-0.4, -0.2) is 14.8 Å². The summed E-state index contributed by atoms with van der Waals surface area (Å²) >= 11 is 3.35. The number of hydrogen-bond acceptors (Lipinski definition) is 2. The molecule has 0 radical (unpaired) electrons. The monoisotopic (exact) mass is 253 g/mol. The van der Waals surface area contributed by atoms with Gasteiger partial charge in [0.1, 0.15) is 5.82 Å². The van der Waals surface area contributed by atoms with Crippen molar-refractivity contribution in [3.05, 3.63) is 45.0 Å². The Balaban J connectivity index is 2.66. The van der Waals surface area contributed by atoms with Crippen molar-refractivity contribution in [3.63, 3.8) is 0 Å². The fourth-order valence-electron chi connectivity index (χ4n) is 1.29. The topological polar surface area (TPSA) is 50.7 Å². The van der Waals surface area contributed by atoms with Crippen LogP contribution in [0, 0.1) is 6.92 Å². The van der Waals surface area contributed by atoms with E-state index < -0.39 is 0 Å². The second-order valence-corrected chi connectivity index (χ2v) is 3.81. The summed E-state index contributed by atoms with van der Waals surface area (Å²) in [5.74, 6) is 0.646. The van der Waals surface area contributed by atoms with E-state index in [1.165, 1.54) is 4.57 Å². The number of benzene rings is 1. The zero-order valence-corrected chi connectivity index (χ0v) is 9.08. The van der Waals surface area contributed by atoms with Crippen LogP contribution in [0.2, 0.25) is 0 Å². The Bertz CT molecular complexity index is 515. The molecule has 0 saturated carbocycles. The van der Waals surface area contributed by atoms with E-state index in [1.807, 2.05) is 24.3 Å². The predicted molar refractivity (Wildman–Crippen MR) is 56.6 cm³/mol. The molecule has 1 aromatic heterocycles. The van der Waals surface area contributed by atoms with E-state index in [0.717, 1.165) is 10.2 Å². The van der Waals surface area contributed by atoms with E-state index >= 15 is 0 Å². The highest BCUT2D eigenvalue weighted by atomic mass is 79.9. The predicted octanol–water partition coefficient (Wildman–Crippen LogP) is 1.63. The summed E-state index contributed by atoms with van der Waals surface area (Å²) in [6.07, 6.45) is 0. The van der Waals surface area contributed by atoms with Crippen LogP contribution >= 0.6 is 15.9 Å². The number of hydrogen-bond donors (Lipinski definition) is 1. The number of aryl methyl sites for hydroxylation is 1. The SMILES string of the molecule is Cc1n[nH]c(=O)n1-c1cccc(Br)c1. The van der Waals surface area contributed by atoms with E-state index in [9.17, 15) is 4.79 Å². The molecule has 0 bridgehead atoms. The number of nitrogens with one attached hydrogen (secondary N) is 1. The number of H-pyrrole nitrogens is 1. The molecular formula is C9H8BrN3O. The third-order valence-corrected chi connectivity index (χ3v) is 2.40. The molecule has 1 N–H and O–H groups in total. The normalized spacial score (nSPS) is 10.4. The highest BCUT2D eigenvalue weighted by Crippen LogP contribution is 2.14. The van der Waals surface area contributed by atoms with Gasteiger partial charge in [-0.3, -0.25) is 0 Å². The molecule has 0 amide bonds. The summed E-state index contributed by atoms with van der Waals surface area (Å²) in [5.41, 5.74) is 0.580. The van der Waals surface area contributed by atoms with Crippen molar-refractivity contribution in [2.24, 2.45) is 0 Å². The Hall–Kier alpha value is -1.36. The third kappa shape index (κ3) is 1.50. The zero-order valence-electron chi connectivity index (χ0n) is 7.49. The zero-order chi connectivity index (χ0) is 10.1. The van der Waals surface area contributed by atoms with Crippen LogP contribution in [0.3, 0.4) is 0 Å². The van der Waals surface area contributed by atoms with E-state index in [-0.39, 0.29) is 5.69 Å². The lowest BCUT2D eigenvalue weighted by atomic mass is 10.3. The average molecular weight is 254 g/mol. The van der Waals surface area contributed by atoms with Crippen molar-refractivity contribution in [3.8, 4) is 5.69 Å². The lowest BCUT2D eigenvalue weighted by molar-refractivity contribution is 0.943. The first-order valence-corrected chi connectivity index (χ1v) is 4.88. The van der Waals surface area contributed by atoms with Crippen molar-refractivity contribution in [2.75, 3.05) is 0 Å². The molecule has 0 saturated heterocycles. The Morgan fingerprint density at radius 2 is 2.29 bits per heavy atom. The minimum absolute atomic E-state index is 0.222. The molecule has 72 valence electrons. The summed E-state index contributed by atoms with van der Waals surface area (Å²) in [4.78, 5) is 11.4. The van der Waals surface area contributed by atoms with Crippen LogP contribution in [-0.2, 0) is 0 Å². The molecule has 0 aliphatic carbocycles. The van der Waals surface area contributed by atoms with Crippen molar-refractivity contribution >= 4 is 15.9 Å². The highest BCUT2D eigenvalue weighted by Gasteiger charge is 2.05. The van der Waals surface area contributed by atoms with Crippen LogP contribution < -0.4 is 5.69 Å². The van der Waals surface area contributed by atoms with Crippen molar-refractivity contribution < 1.29 is 0 Å². The van der Waals surface area contributed by atoms with Gasteiger partial charge < -0.3 is 0 Å². The maximum absolute atomic E-state index is 11.4. The lowest BCUT2D eigenvalue weighted by Gasteiger charge is -2.02. The van der Waals surface area contributed by atoms with Crippen molar-refractivity contribution in [2.45, 2.75) is 6.92 Å². The number of nitrogens with zero attached hydrogens (tertiary/aromatic N) is 2. The quantitative estimate of drug-likeness (QED) is 0.840. The standard InChI is InChI=1S/C9H8BrN3O/c1-6-11-12-9(14)13(6)8-4-2-3-7(10)5-8/h2-5H,1H3,(H,12,14). The van der Waals surface area contributed by atoms with Crippen LogP contribution in [0.5, 0.6) is 0 Å². The van der Waals surface area contributed by atoms with Crippen LogP contribution in [0.4, 0.5) is 0 Å². The average Bonchev–Trinajstić information content (AvgIpc) is 2.46. The third-order valence-electron chi connectivity index (χ3n) is 1.91. The van der Waals surface area contributed by atoms with Gasteiger partial charge in [-0.2, -0.15) is 5.10 Å². The Labute approximate surface area is 88.7 Å². The summed E-state index contributed by atoms with van der Waals surface area (Å²) in [5, 5.41) is 6.23. The fraction of sp³-hybridized carbons (Fsp3) is 0.111. The van der Waals surface area contributed by atoms with Crippen LogP contribution in [0.1, 0.15) is 5.82 Å². The number of rotatable bonds is 1. The van der Waals surface area contributed by atoms with E-state index in [4.69, 9.17) is 0 Å². The maximum Gasteiger partial charge on any atom is 0.347 e. The molecule has 1 aromatic carbocycles. The lowest BCUT2D eigenvalue weighted by Crippen LogP contribution is -2.15. The first-order chi connectivity index (χ1) is 6.68. The van der Waals surface area contributed by atoms with Crippen LogP contribution in [0.15, 0.2) is 33.5 Å². The van der Waals surface area contributed by atoms with Gasteiger partial charge in [0.15, 0.2) is 0 Å². The van der Waals surface area contributed by atoms with E-state index in [1.54, 1.807) is 6.92 Å². The summed E-state index contributed by atoms with van der Waals surface area (Å²) in [6, 6.07) is 7.50. The van der Waals surface area contributed by atoms with Gasteiger partial charge in [0.25, 0.3) is 0 Å². The molecule has 0 spiro atoms. The molecule has 0 fully saturated rings. The second-order valence-electron chi connectivity index (χ2n) is 2.89. The minimum Gasteiger partial charge on any atom is -0.247 e. The molecule has 1 heterocycles. The van der Waals surface area contributed by atoms with Gasteiger partial charge in [0.05, 0.1) is 5.69 Å². The van der Waals surface area contributed by atoms with E-state index in [2.05, 4.69) is 26.1 Å². The fourth-order valence-corrected chi connectivity index (χ4v) is 1.68. The minimum atomic E-state index is -0.222. The summed E-state index contributed by atoms with van der Waals surface area (Å²) in [7, 11) is 0. The van der Waals surface area contributed by atoms with Gasteiger partial charge in [-0.25, -0.2) is 14.5 Å². The van der Waals surface area contributed by atoms with Gasteiger partial charge in [-0.05, 0) is 25.1 Å². The first-order valence-electron chi connectivity index (χ1n) is 4.08. The Morgan fingerprint density at radius 3 is 2.86 bits per heavy atom. The summed E-state index contributed by atoms with van der Waals surface area (Å²) < 4.78 is 2.45. The molecular weight excluding hydrogens is 246 g/mol. The van der Waals surface area contributed by atoms with E-state index in [0.29, 0.717) is 5.82 Å². The van der Waals surface area contributed by atoms with Gasteiger partial charge in [-0.15, -0.1) is 0 Å². The maximum atomic E-state index is 11.4. The summed E-state index contributed by atoms with van der Waals surface area (Å²) in [6.45, 7) is 1.78. The number of halogens is 1. The van der Waals surface area contributed by atoms with Gasteiger partial charge in [0.2, 0.25) is 0 Å². The Morgan fingerprint density at radius 1 is 1.50 bits per heavy atom. The van der Waals surface area contributed by atoms with Crippen LogP contribution in [0.25, 0.3) is 5.69 Å². The first kappa shape index (κ1) is 9.21. The number of aromatic amines is 1. The molecule has 5 heteroatoms. The van der Waals surface area contributed by atoms with Gasteiger partial charge in [-0.1, -0.05) is 22.0 Å². The van der Waals surface area contributed by atoms with Crippen molar-refractivity contribution in [1.29, 1.82) is 0 Å². The molecule has 0 atom stereocenters. The largest absolute Gasteiger partial charge is 0.347 e. The molecule has 14 heavy (non-hydrogen) atoms. The smallest absolute Gasteiger partial charge is 0.247 e. The Kier molecular flexibility index (Phi) is 2.25. The highest BCUT2D eigenvalue weighted by molar-refractivity contribution is 9.10. The van der Waals surface area contributed by atoms with Gasteiger partial charge in [0, 0.05) is 4.47 Å². The van der Waals surface area contributed by atoms with Crippen molar-refractivity contribution in [1.82, 2.24) is 14.8 Å². The second kappa shape index (κ2) is 3.42. The number of aromatic nitrogens is 3. The molecule has 0 aliphatic rings. The molecule has 0 unspecified atom stereocenters.